The maximum absolute atomic E-state index is 13.8. The molecule has 0 fully saturated rings. The van der Waals surface area contributed by atoms with E-state index >= 15 is 0 Å². The molecule has 12 heteroatoms. The summed E-state index contributed by atoms with van der Waals surface area (Å²) in [5, 5.41) is 10.2. The molecule has 3 aromatic carbocycles. The van der Waals surface area contributed by atoms with Crippen LogP contribution in [0, 0.1) is 0 Å². The summed E-state index contributed by atoms with van der Waals surface area (Å²) in [7, 11) is 1.45. The molecule has 220 valence electrons. The number of hydrogen-bond donors (Lipinski definition) is 1. The van der Waals surface area contributed by atoms with Crippen molar-refractivity contribution in [3.8, 4) is 11.5 Å². The van der Waals surface area contributed by atoms with Crippen LogP contribution in [0.4, 0.5) is 32.0 Å². The number of amides is 1. The fourth-order valence-electron chi connectivity index (χ4n) is 4.78. The molecule has 1 heterocycles. The van der Waals surface area contributed by atoms with Crippen LogP contribution >= 0.6 is 11.6 Å². The highest BCUT2D eigenvalue weighted by Gasteiger charge is 2.71. The van der Waals surface area contributed by atoms with Crippen molar-refractivity contribution in [2.75, 3.05) is 18.6 Å². The number of fused-ring (bicyclic) bond motifs is 1. The maximum atomic E-state index is 13.8. The van der Waals surface area contributed by atoms with Gasteiger partial charge in [0, 0.05) is 17.3 Å². The van der Waals surface area contributed by atoms with Gasteiger partial charge in [-0.05, 0) is 49.1 Å². The molecule has 0 bridgehead atoms. The van der Waals surface area contributed by atoms with Crippen molar-refractivity contribution >= 4 is 23.2 Å². The van der Waals surface area contributed by atoms with Crippen LogP contribution in [0.15, 0.2) is 66.7 Å². The second-order valence-electron chi connectivity index (χ2n) is 9.71. The van der Waals surface area contributed by atoms with Gasteiger partial charge in [-0.25, -0.2) is 0 Å². The maximum Gasteiger partial charge on any atom is 0.430 e. The standard InChI is InChI=1S/C29H26ClF6NO4/c1-17(18-6-4-3-5-7-18)26(38)37-16-22(41-25-15-21(40-2)11-12-23(25)30)10-8-19-14-20(9-13-24(19)37)27(39,28(31,32)33)29(34,35)36/h3-7,9,11-15,17,22,39H,8,10,16H2,1-2H3. The summed E-state index contributed by atoms with van der Waals surface area (Å²) in [6.07, 6.45) is -12.8. The quantitative estimate of drug-likeness (QED) is 0.304. The number of methoxy groups -OCH3 is 1. The number of alkyl halides is 6. The van der Waals surface area contributed by atoms with E-state index in [0.717, 1.165) is 6.07 Å². The molecule has 2 atom stereocenters. The fraction of sp³-hybridized carbons (Fsp3) is 0.345. The summed E-state index contributed by atoms with van der Waals surface area (Å²) < 4.78 is 93.0. The van der Waals surface area contributed by atoms with Gasteiger partial charge in [0.15, 0.2) is 0 Å². The van der Waals surface area contributed by atoms with Gasteiger partial charge >= 0.3 is 12.4 Å². The first kappa shape index (κ1) is 30.5. The molecule has 4 rings (SSSR count). The molecular formula is C29H26ClF6NO4. The molecule has 1 N–H and O–H groups in total. The Balaban J connectivity index is 1.78. The number of carbonyl (C=O) groups excluding carboxylic acids is 1. The highest BCUT2D eigenvalue weighted by molar-refractivity contribution is 6.32. The van der Waals surface area contributed by atoms with E-state index in [9.17, 15) is 36.2 Å². The molecule has 0 aliphatic carbocycles. The van der Waals surface area contributed by atoms with Crippen molar-refractivity contribution in [1.29, 1.82) is 0 Å². The number of nitrogens with zero attached hydrogens (tertiary/aromatic N) is 1. The van der Waals surface area contributed by atoms with Crippen molar-refractivity contribution in [3.05, 3.63) is 88.4 Å². The highest BCUT2D eigenvalue weighted by Crippen LogP contribution is 2.51. The average molecular weight is 602 g/mol. The number of aryl methyl sites for hydroxylation is 1. The van der Waals surface area contributed by atoms with Crippen LogP contribution in [0.25, 0.3) is 0 Å². The molecule has 2 unspecified atom stereocenters. The van der Waals surface area contributed by atoms with Gasteiger partial charge in [-0.15, -0.1) is 0 Å². The second kappa shape index (κ2) is 11.4. The van der Waals surface area contributed by atoms with E-state index in [2.05, 4.69) is 0 Å². The highest BCUT2D eigenvalue weighted by atomic mass is 35.5. The first-order chi connectivity index (χ1) is 19.2. The minimum Gasteiger partial charge on any atom is -0.497 e. The number of aliphatic hydroxyl groups is 1. The number of hydrogen-bond acceptors (Lipinski definition) is 4. The van der Waals surface area contributed by atoms with E-state index in [1.807, 2.05) is 0 Å². The molecule has 0 aromatic heterocycles. The van der Waals surface area contributed by atoms with Crippen LogP contribution in [0.3, 0.4) is 0 Å². The lowest BCUT2D eigenvalue weighted by Crippen LogP contribution is -2.54. The lowest BCUT2D eigenvalue weighted by Gasteiger charge is -2.34. The Morgan fingerprint density at radius 1 is 1.00 bits per heavy atom. The number of halogens is 7. The molecule has 1 aliphatic rings. The Kier molecular flexibility index (Phi) is 8.52. The molecule has 1 amide bonds. The molecule has 0 radical (unpaired) electrons. The molecule has 3 aromatic rings. The normalized spacial score (nSPS) is 16.9. The number of carbonyl (C=O) groups is 1. The van der Waals surface area contributed by atoms with E-state index in [4.69, 9.17) is 21.1 Å². The number of benzene rings is 3. The van der Waals surface area contributed by atoms with Gasteiger partial charge in [0.1, 0.15) is 17.6 Å². The predicted octanol–water partition coefficient (Wildman–Crippen LogP) is 7.19. The predicted molar refractivity (Wildman–Crippen MR) is 140 cm³/mol. The molecule has 1 aliphatic heterocycles. The Morgan fingerprint density at radius 2 is 1.66 bits per heavy atom. The monoisotopic (exact) mass is 601 g/mol. The zero-order chi connectivity index (χ0) is 30.2. The van der Waals surface area contributed by atoms with Gasteiger partial charge in [0.05, 0.1) is 24.6 Å². The number of rotatable bonds is 6. The van der Waals surface area contributed by atoms with Crippen molar-refractivity contribution in [2.24, 2.45) is 0 Å². The van der Waals surface area contributed by atoms with Gasteiger partial charge < -0.3 is 19.5 Å². The SMILES string of the molecule is COc1ccc(Cl)c(OC2CCc3cc(C(O)(C(F)(F)F)C(F)(F)F)ccc3N(C(=O)C(C)c3ccccc3)C2)c1. The van der Waals surface area contributed by atoms with E-state index in [1.54, 1.807) is 49.4 Å². The van der Waals surface area contributed by atoms with Crippen molar-refractivity contribution in [3.63, 3.8) is 0 Å². The topological polar surface area (TPSA) is 59.0 Å². The van der Waals surface area contributed by atoms with Gasteiger partial charge in [0.2, 0.25) is 5.91 Å². The first-order valence-corrected chi connectivity index (χ1v) is 12.9. The molecule has 0 saturated carbocycles. The largest absolute Gasteiger partial charge is 0.497 e. The summed E-state index contributed by atoms with van der Waals surface area (Å²) >= 11 is 6.29. The minimum atomic E-state index is -6.05. The van der Waals surface area contributed by atoms with Crippen LogP contribution in [0.5, 0.6) is 11.5 Å². The summed E-state index contributed by atoms with van der Waals surface area (Å²) in [4.78, 5) is 15.1. The van der Waals surface area contributed by atoms with Crippen molar-refractivity contribution < 1.29 is 45.7 Å². The van der Waals surface area contributed by atoms with Gasteiger partial charge in [0.25, 0.3) is 5.60 Å². The van der Waals surface area contributed by atoms with Crippen LogP contribution < -0.4 is 14.4 Å². The van der Waals surface area contributed by atoms with E-state index in [0.29, 0.717) is 23.4 Å². The third kappa shape index (κ3) is 5.97. The average Bonchev–Trinajstić information content (AvgIpc) is 3.11. The van der Waals surface area contributed by atoms with Crippen molar-refractivity contribution in [2.45, 2.75) is 49.7 Å². The third-order valence-electron chi connectivity index (χ3n) is 7.10. The van der Waals surface area contributed by atoms with Gasteiger partial charge in [-0.2, -0.15) is 26.3 Å². The lowest BCUT2D eigenvalue weighted by atomic mass is 9.89. The number of anilines is 1. The first-order valence-electron chi connectivity index (χ1n) is 12.5. The molecule has 41 heavy (non-hydrogen) atoms. The van der Waals surface area contributed by atoms with Crippen molar-refractivity contribution in [1.82, 2.24) is 0 Å². The Bertz CT molecular complexity index is 1380. The smallest absolute Gasteiger partial charge is 0.430 e. The molecule has 0 saturated heterocycles. The fourth-order valence-corrected chi connectivity index (χ4v) is 4.94. The van der Waals surface area contributed by atoms with Crippen LogP contribution in [0.2, 0.25) is 5.02 Å². The number of ether oxygens (including phenoxy) is 2. The Labute approximate surface area is 237 Å². The van der Waals surface area contributed by atoms with Crippen LogP contribution in [-0.4, -0.2) is 43.1 Å². The minimum absolute atomic E-state index is 0.0193. The van der Waals surface area contributed by atoms with Gasteiger partial charge in [-0.3, -0.25) is 4.79 Å². The zero-order valence-electron chi connectivity index (χ0n) is 21.9. The van der Waals surface area contributed by atoms with Crippen LogP contribution in [-0.2, 0) is 16.8 Å². The summed E-state index contributed by atoms with van der Waals surface area (Å²) in [6, 6.07) is 15.6. The second-order valence-corrected chi connectivity index (χ2v) is 10.1. The lowest BCUT2D eigenvalue weighted by molar-refractivity contribution is -0.376. The Morgan fingerprint density at radius 3 is 2.27 bits per heavy atom. The third-order valence-corrected chi connectivity index (χ3v) is 7.41. The summed E-state index contributed by atoms with van der Waals surface area (Å²) in [6.45, 7) is 1.58. The zero-order valence-corrected chi connectivity index (χ0v) is 22.6. The molecule has 5 nitrogen and oxygen atoms in total. The van der Waals surface area contributed by atoms with E-state index in [-0.39, 0.29) is 41.4 Å². The van der Waals surface area contributed by atoms with E-state index in [1.165, 1.54) is 18.1 Å². The van der Waals surface area contributed by atoms with Crippen LogP contribution in [0.1, 0.15) is 36.0 Å². The van der Waals surface area contributed by atoms with Gasteiger partial charge in [-0.1, -0.05) is 54.1 Å². The summed E-state index contributed by atoms with van der Waals surface area (Å²) in [5.41, 5.74) is -5.69. The molecular weight excluding hydrogens is 576 g/mol. The summed E-state index contributed by atoms with van der Waals surface area (Å²) in [5.74, 6) is -0.477. The van der Waals surface area contributed by atoms with E-state index < -0.39 is 41.4 Å². The Hall–Kier alpha value is -3.44. The molecule has 0 spiro atoms.